The number of ether oxygens (including phenoxy) is 1. The number of aliphatic carboxylic acids is 1. The number of hydrogen-bond acceptors (Lipinski definition) is 4. The second kappa shape index (κ2) is 10.8. The molecule has 23 heavy (non-hydrogen) atoms. The molecule has 0 aromatic carbocycles. The first-order valence-corrected chi connectivity index (χ1v) is 8.00. The van der Waals surface area contributed by atoms with Crippen LogP contribution in [-0.2, 0) is 19.1 Å². The summed E-state index contributed by atoms with van der Waals surface area (Å²) in [6.45, 7) is 3.28. The van der Waals surface area contributed by atoms with Gasteiger partial charge >= 0.3 is 5.97 Å². The Morgan fingerprint density at radius 3 is 2.52 bits per heavy atom. The molecule has 130 valence electrons. The van der Waals surface area contributed by atoms with Gasteiger partial charge in [-0.2, -0.15) is 0 Å². The minimum absolute atomic E-state index is 0.150. The SMILES string of the molecule is C=CCOCC(NC(=O)CNC(=O)CC1CCCCC1)C(=O)O. The maximum Gasteiger partial charge on any atom is 0.328 e. The van der Waals surface area contributed by atoms with E-state index in [2.05, 4.69) is 17.2 Å². The van der Waals surface area contributed by atoms with Gasteiger partial charge in [-0.3, -0.25) is 9.59 Å². The van der Waals surface area contributed by atoms with Crippen LogP contribution < -0.4 is 10.6 Å². The zero-order valence-corrected chi connectivity index (χ0v) is 13.4. The first-order chi connectivity index (χ1) is 11.0. The van der Waals surface area contributed by atoms with Gasteiger partial charge < -0.3 is 20.5 Å². The molecule has 1 unspecified atom stereocenters. The highest BCUT2D eigenvalue weighted by Crippen LogP contribution is 2.25. The van der Waals surface area contributed by atoms with Crippen LogP contribution in [0.25, 0.3) is 0 Å². The summed E-state index contributed by atoms with van der Waals surface area (Å²) in [4.78, 5) is 34.5. The lowest BCUT2D eigenvalue weighted by Gasteiger charge is -2.21. The first-order valence-electron chi connectivity index (χ1n) is 8.00. The minimum Gasteiger partial charge on any atom is -0.480 e. The van der Waals surface area contributed by atoms with E-state index in [1.54, 1.807) is 0 Å². The molecule has 2 amide bonds. The second-order valence-electron chi connectivity index (χ2n) is 5.77. The van der Waals surface area contributed by atoms with Gasteiger partial charge in [0.25, 0.3) is 0 Å². The molecule has 1 saturated carbocycles. The van der Waals surface area contributed by atoms with Gasteiger partial charge in [-0.25, -0.2) is 4.79 Å². The Balaban J connectivity index is 2.26. The lowest BCUT2D eigenvalue weighted by molar-refractivity contribution is -0.143. The van der Waals surface area contributed by atoms with Crippen molar-refractivity contribution in [2.24, 2.45) is 5.92 Å². The van der Waals surface area contributed by atoms with Gasteiger partial charge in [-0.1, -0.05) is 25.3 Å². The highest BCUT2D eigenvalue weighted by Gasteiger charge is 2.21. The standard InChI is InChI=1S/C16H26N2O5/c1-2-8-23-11-13(16(21)22)18-15(20)10-17-14(19)9-12-6-4-3-5-7-12/h2,12-13H,1,3-11H2,(H,17,19)(H,18,20)(H,21,22). The predicted octanol–water partition coefficient (Wildman–Crippen LogP) is 0.845. The third kappa shape index (κ3) is 8.35. The monoisotopic (exact) mass is 326 g/mol. The Bertz CT molecular complexity index is 419. The van der Waals surface area contributed by atoms with Gasteiger partial charge in [0.15, 0.2) is 6.04 Å². The zero-order chi connectivity index (χ0) is 17.1. The Kier molecular flexibility index (Phi) is 8.97. The summed E-state index contributed by atoms with van der Waals surface area (Å²) in [5.74, 6) is -1.50. The lowest BCUT2D eigenvalue weighted by atomic mass is 9.87. The van der Waals surface area contributed by atoms with E-state index >= 15 is 0 Å². The Labute approximate surface area is 136 Å². The molecule has 0 radical (unpaired) electrons. The number of carbonyl (C=O) groups excluding carboxylic acids is 2. The topological polar surface area (TPSA) is 105 Å². The third-order valence-electron chi connectivity index (χ3n) is 3.80. The van der Waals surface area contributed by atoms with Gasteiger partial charge in [0.1, 0.15) is 0 Å². The van der Waals surface area contributed by atoms with E-state index in [9.17, 15) is 14.4 Å². The number of rotatable bonds is 10. The average molecular weight is 326 g/mol. The number of hydrogen-bond donors (Lipinski definition) is 3. The summed E-state index contributed by atoms with van der Waals surface area (Å²) in [6, 6.07) is -1.14. The maximum atomic E-state index is 11.8. The van der Waals surface area contributed by atoms with Crippen LogP contribution in [0.2, 0.25) is 0 Å². The van der Waals surface area contributed by atoms with Gasteiger partial charge in [0, 0.05) is 6.42 Å². The molecule has 0 bridgehead atoms. The maximum absolute atomic E-state index is 11.8. The number of carboxylic acids is 1. The van der Waals surface area contributed by atoms with Crippen molar-refractivity contribution in [2.75, 3.05) is 19.8 Å². The number of nitrogens with one attached hydrogen (secondary N) is 2. The molecule has 1 aliphatic rings. The van der Waals surface area contributed by atoms with Crippen LogP contribution in [0, 0.1) is 5.92 Å². The molecule has 0 aromatic rings. The fourth-order valence-electron chi connectivity index (χ4n) is 2.59. The van der Waals surface area contributed by atoms with Gasteiger partial charge in [0.05, 0.1) is 19.8 Å². The summed E-state index contributed by atoms with van der Waals surface area (Å²) >= 11 is 0. The molecule has 0 aromatic heterocycles. The van der Waals surface area contributed by atoms with Crippen LogP contribution in [-0.4, -0.2) is 48.7 Å². The molecule has 7 heteroatoms. The second-order valence-corrected chi connectivity index (χ2v) is 5.77. The fraction of sp³-hybridized carbons (Fsp3) is 0.688. The summed E-state index contributed by atoms with van der Waals surface area (Å²) in [5.41, 5.74) is 0. The van der Waals surface area contributed by atoms with Crippen LogP contribution in [0.3, 0.4) is 0 Å². The normalized spacial score (nSPS) is 16.3. The molecule has 0 spiro atoms. The number of carboxylic acid groups (broad SMARTS) is 1. The molecule has 0 heterocycles. The van der Waals surface area contributed by atoms with Crippen LogP contribution in [0.4, 0.5) is 0 Å². The predicted molar refractivity (Wildman–Crippen MR) is 84.8 cm³/mol. The van der Waals surface area contributed by atoms with E-state index in [1.807, 2.05) is 0 Å². The van der Waals surface area contributed by atoms with E-state index in [0.29, 0.717) is 12.3 Å². The molecule has 0 aliphatic heterocycles. The van der Waals surface area contributed by atoms with E-state index in [0.717, 1.165) is 25.7 Å². The molecule has 1 aliphatic carbocycles. The molecule has 3 N–H and O–H groups in total. The van der Waals surface area contributed by atoms with E-state index < -0.39 is 17.9 Å². The smallest absolute Gasteiger partial charge is 0.328 e. The molecule has 7 nitrogen and oxygen atoms in total. The van der Waals surface area contributed by atoms with E-state index in [1.165, 1.54) is 12.5 Å². The third-order valence-corrected chi connectivity index (χ3v) is 3.80. The van der Waals surface area contributed by atoms with Crippen LogP contribution >= 0.6 is 0 Å². The van der Waals surface area contributed by atoms with E-state index in [4.69, 9.17) is 9.84 Å². The Hall–Kier alpha value is -1.89. The van der Waals surface area contributed by atoms with Gasteiger partial charge in [-0.05, 0) is 18.8 Å². The average Bonchev–Trinajstić information content (AvgIpc) is 2.53. The van der Waals surface area contributed by atoms with Crippen LogP contribution in [0.15, 0.2) is 12.7 Å². The number of carbonyl (C=O) groups is 3. The van der Waals surface area contributed by atoms with Crippen molar-refractivity contribution in [1.29, 1.82) is 0 Å². The molecule has 0 saturated heterocycles. The summed E-state index contributed by atoms with van der Waals surface area (Å²) < 4.78 is 5.03. The van der Waals surface area contributed by atoms with Gasteiger partial charge in [0.2, 0.25) is 11.8 Å². The van der Waals surface area contributed by atoms with Crippen molar-refractivity contribution >= 4 is 17.8 Å². The van der Waals surface area contributed by atoms with E-state index in [-0.39, 0.29) is 25.7 Å². The van der Waals surface area contributed by atoms with Crippen molar-refractivity contribution in [3.8, 4) is 0 Å². The quantitative estimate of drug-likeness (QED) is 0.408. The van der Waals surface area contributed by atoms with Gasteiger partial charge in [-0.15, -0.1) is 6.58 Å². The number of amides is 2. The molecule has 1 atom stereocenters. The molecule has 1 rings (SSSR count). The van der Waals surface area contributed by atoms with Crippen molar-refractivity contribution in [3.05, 3.63) is 12.7 Å². The minimum atomic E-state index is -1.18. The van der Waals surface area contributed by atoms with Crippen molar-refractivity contribution in [2.45, 2.75) is 44.6 Å². The van der Waals surface area contributed by atoms with Crippen molar-refractivity contribution < 1.29 is 24.2 Å². The fourth-order valence-corrected chi connectivity index (χ4v) is 2.59. The largest absolute Gasteiger partial charge is 0.480 e. The molecular formula is C16H26N2O5. The van der Waals surface area contributed by atoms with Crippen molar-refractivity contribution in [3.63, 3.8) is 0 Å². The zero-order valence-electron chi connectivity index (χ0n) is 13.4. The highest BCUT2D eigenvalue weighted by molar-refractivity contribution is 5.87. The Morgan fingerprint density at radius 2 is 1.91 bits per heavy atom. The summed E-state index contributed by atoms with van der Waals surface area (Å²) in [7, 11) is 0. The summed E-state index contributed by atoms with van der Waals surface area (Å²) in [6.07, 6.45) is 7.57. The van der Waals surface area contributed by atoms with Crippen LogP contribution in [0.1, 0.15) is 38.5 Å². The first kappa shape index (κ1) is 19.2. The summed E-state index contributed by atoms with van der Waals surface area (Å²) in [5, 5.41) is 13.9. The van der Waals surface area contributed by atoms with Crippen molar-refractivity contribution in [1.82, 2.24) is 10.6 Å². The molecular weight excluding hydrogens is 300 g/mol. The lowest BCUT2D eigenvalue weighted by Crippen LogP contribution is -2.47. The molecule has 1 fully saturated rings. The highest BCUT2D eigenvalue weighted by atomic mass is 16.5. The Morgan fingerprint density at radius 1 is 1.22 bits per heavy atom. The van der Waals surface area contributed by atoms with Crippen LogP contribution in [0.5, 0.6) is 0 Å².